The first-order valence-electron chi connectivity index (χ1n) is 4.04. The zero-order valence-electron chi connectivity index (χ0n) is 7.66. The molecule has 0 aliphatic carbocycles. The van der Waals surface area contributed by atoms with Crippen molar-refractivity contribution in [2.75, 3.05) is 0 Å². The van der Waals surface area contributed by atoms with E-state index in [9.17, 15) is 4.79 Å². The van der Waals surface area contributed by atoms with Gasteiger partial charge in [0.05, 0.1) is 6.42 Å². The molecule has 1 heterocycles. The van der Waals surface area contributed by atoms with Gasteiger partial charge in [-0.05, 0) is 11.6 Å². The molecule has 2 rings (SSSR count). The van der Waals surface area contributed by atoms with Crippen molar-refractivity contribution in [1.29, 1.82) is 0 Å². The van der Waals surface area contributed by atoms with Crippen molar-refractivity contribution in [1.82, 2.24) is 4.98 Å². The molecule has 0 spiro atoms. The Morgan fingerprint density at radius 3 is 2.79 bits per heavy atom. The number of aromatic nitrogens is 1. The fourth-order valence-corrected chi connectivity index (χ4v) is 1.44. The van der Waals surface area contributed by atoms with E-state index in [1.54, 1.807) is 6.20 Å². The zero-order valence-corrected chi connectivity index (χ0v) is 10.6. The number of benzene rings is 1. The molecule has 0 radical (unpaired) electrons. The average Bonchev–Trinajstić information content (AvgIpc) is 2.48. The second kappa shape index (κ2) is 4.38. The van der Waals surface area contributed by atoms with Crippen molar-refractivity contribution in [2.24, 2.45) is 0 Å². The van der Waals surface area contributed by atoms with E-state index < -0.39 is 5.97 Å². The van der Waals surface area contributed by atoms with Crippen LogP contribution in [0.15, 0.2) is 30.5 Å². The van der Waals surface area contributed by atoms with Crippen molar-refractivity contribution in [3.63, 3.8) is 0 Å². The first kappa shape index (κ1) is 10.9. The SMILES string of the molecule is O=C(O)Cc1c[nH]c2ccccc12.[Zn]. The number of fused-ring (bicyclic) bond motifs is 1. The molecule has 0 amide bonds. The Balaban J connectivity index is 0.000000980. The van der Waals surface area contributed by atoms with Gasteiger partial charge in [-0.15, -0.1) is 0 Å². The number of rotatable bonds is 2. The van der Waals surface area contributed by atoms with Gasteiger partial charge in [-0.2, -0.15) is 0 Å². The molecule has 0 fully saturated rings. The summed E-state index contributed by atoms with van der Waals surface area (Å²) in [5, 5.41) is 9.62. The topological polar surface area (TPSA) is 53.1 Å². The van der Waals surface area contributed by atoms with Gasteiger partial charge in [0.15, 0.2) is 0 Å². The monoisotopic (exact) mass is 239 g/mol. The van der Waals surface area contributed by atoms with Gasteiger partial charge < -0.3 is 10.1 Å². The fourth-order valence-electron chi connectivity index (χ4n) is 1.44. The van der Waals surface area contributed by atoms with Gasteiger partial charge in [0.2, 0.25) is 0 Å². The van der Waals surface area contributed by atoms with Gasteiger partial charge in [0.1, 0.15) is 0 Å². The molecule has 0 unspecified atom stereocenters. The van der Waals surface area contributed by atoms with E-state index in [2.05, 4.69) is 4.98 Å². The Morgan fingerprint density at radius 2 is 2.07 bits per heavy atom. The number of para-hydroxylation sites is 1. The van der Waals surface area contributed by atoms with Gasteiger partial charge in [0, 0.05) is 36.6 Å². The number of hydrogen-bond acceptors (Lipinski definition) is 1. The Hall–Kier alpha value is -1.15. The number of nitrogens with one attached hydrogen (secondary N) is 1. The first-order valence-corrected chi connectivity index (χ1v) is 4.04. The summed E-state index contributed by atoms with van der Waals surface area (Å²) in [5.41, 5.74) is 1.82. The van der Waals surface area contributed by atoms with Gasteiger partial charge in [0.25, 0.3) is 0 Å². The molecule has 1 aromatic heterocycles. The smallest absolute Gasteiger partial charge is 0.307 e. The van der Waals surface area contributed by atoms with Crippen LogP contribution in [-0.2, 0) is 30.7 Å². The Kier molecular flexibility index (Phi) is 3.42. The van der Waals surface area contributed by atoms with Crippen LogP contribution in [0, 0.1) is 0 Å². The number of carboxylic acid groups (broad SMARTS) is 1. The van der Waals surface area contributed by atoms with Gasteiger partial charge >= 0.3 is 5.97 Å². The second-order valence-corrected chi connectivity index (χ2v) is 2.93. The summed E-state index contributed by atoms with van der Waals surface area (Å²) in [7, 11) is 0. The third kappa shape index (κ3) is 2.02. The normalized spacial score (nSPS) is 9.71. The third-order valence-corrected chi connectivity index (χ3v) is 2.02. The fraction of sp³-hybridized carbons (Fsp3) is 0.100. The Bertz CT molecular complexity index is 450. The Morgan fingerprint density at radius 1 is 1.36 bits per heavy atom. The number of aliphatic carboxylic acids is 1. The van der Waals surface area contributed by atoms with E-state index in [1.807, 2.05) is 24.3 Å². The maximum absolute atomic E-state index is 10.5. The molecular formula is C10H9NO2Zn. The van der Waals surface area contributed by atoms with Crippen LogP contribution in [0.4, 0.5) is 0 Å². The molecule has 0 aliphatic rings. The molecular weight excluding hydrogens is 232 g/mol. The standard InChI is InChI=1S/C10H9NO2.Zn/c12-10(13)5-7-6-11-9-4-2-1-3-8(7)9;/h1-4,6,11H,5H2,(H,12,13);. The zero-order chi connectivity index (χ0) is 9.26. The minimum atomic E-state index is -0.801. The van der Waals surface area contributed by atoms with Crippen LogP contribution in [0.25, 0.3) is 10.9 Å². The maximum atomic E-state index is 10.5. The van der Waals surface area contributed by atoms with Crippen LogP contribution in [0.2, 0.25) is 0 Å². The number of H-pyrrole nitrogens is 1. The van der Waals surface area contributed by atoms with Crippen molar-refractivity contribution < 1.29 is 29.4 Å². The van der Waals surface area contributed by atoms with E-state index >= 15 is 0 Å². The van der Waals surface area contributed by atoms with Crippen molar-refractivity contribution in [3.05, 3.63) is 36.0 Å². The summed E-state index contributed by atoms with van der Waals surface area (Å²) in [5.74, 6) is -0.801. The summed E-state index contributed by atoms with van der Waals surface area (Å²) in [6, 6.07) is 7.68. The van der Waals surface area contributed by atoms with E-state index in [1.165, 1.54) is 0 Å². The number of carbonyl (C=O) groups is 1. The summed E-state index contributed by atoms with van der Waals surface area (Å²) in [6.07, 6.45) is 1.82. The molecule has 1 aromatic carbocycles. The van der Waals surface area contributed by atoms with Gasteiger partial charge in [-0.25, -0.2) is 0 Å². The molecule has 0 aliphatic heterocycles. The molecule has 0 saturated heterocycles. The van der Waals surface area contributed by atoms with Crippen LogP contribution in [-0.4, -0.2) is 16.1 Å². The third-order valence-electron chi connectivity index (χ3n) is 2.02. The largest absolute Gasteiger partial charge is 0.481 e. The van der Waals surface area contributed by atoms with E-state index in [-0.39, 0.29) is 25.9 Å². The maximum Gasteiger partial charge on any atom is 0.307 e. The van der Waals surface area contributed by atoms with Gasteiger partial charge in [-0.1, -0.05) is 18.2 Å². The number of carboxylic acids is 1. The molecule has 2 N–H and O–H groups in total. The molecule has 0 saturated carbocycles. The first-order chi connectivity index (χ1) is 6.27. The van der Waals surface area contributed by atoms with E-state index in [4.69, 9.17) is 5.11 Å². The predicted molar refractivity (Wildman–Crippen MR) is 49.6 cm³/mol. The average molecular weight is 241 g/mol. The molecule has 3 nitrogen and oxygen atoms in total. The molecule has 68 valence electrons. The molecule has 14 heavy (non-hydrogen) atoms. The summed E-state index contributed by atoms with van der Waals surface area (Å²) >= 11 is 0. The van der Waals surface area contributed by atoms with Crippen LogP contribution in [0.3, 0.4) is 0 Å². The Labute approximate surface area is 93.9 Å². The van der Waals surface area contributed by atoms with E-state index in [0.717, 1.165) is 16.5 Å². The van der Waals surface area contributed by atoms with Gasteiger partial charge in [-0.3, -0.25) is 4.79 Å². The molecule has 4 heteroatoms. The van der Waals surface area contributed by atoms with Crippen LogP contribution in [0.1, 0.15) is 5.56 Å². The molecule has 0 atom stereocenters. The predicted octanol–water partition coefficient (Wildman–Crippen LogP) is 1.79. The molecule has 0 bridgehead atoms. The minimum Gasteiger partial charge on any atom is -0.481 e. The number of aromatic amines is 1. The number of hydrogen-bond donors (Lipinski definition) is 2. The van der Waals surface area contributed by atoms with Crippen molar-refractivity contribution in [2.45, 2.75) is 6.42 Å². The van der Waals surface area contributed by atoms with Crippen molar-refractivity contribution in [3.8, 4) is 0 Å². The van der Waals surface area contributed by atoms with Crippen molar-refractivity contribution >= 4 is 16.9 Å². The van der Waals surface area contributed by atoms with E-state index in [0.29, 0.717) is 0 Å². The summed E-state index contributed by atoms with van der Waals surface area (Å²) in [6.45, 7) is 0. The summed E-state index contributed by atoms with van der Waals surface area (Å²) < 4.78 is 0. The van der Waals surface area contributed by atoms with Crippen LogP contribution < -0.4 is 0 Å². The quantitative estimate of drug-likeness (QED) is 0.787. The summed E-state index contributed by atoms with van der Waals surface area (Å²) in [4.78, 5) is 13.5. The molecule has 2 aromatic rings. The minimum absolute atomic E-state index is 0. The van der Waals surface area contributed by atoms with Crippen LogP contribution >= 0.6 is 0 Å². The van der Waals surface area contributed by atoms with Crippen LogP contribution in [0.5, 0.6) is 0 Å². The second-order valence-electron chi connectivity index (χ2n) is 2.93.